The van der Waals surface area contributed by atoms with Crippen LogP contribution in [0.1, 0.15) is 63.6 Å². The molecule has 2 saturated heterocycles. The van der Waals surface area contributed by atoms with Gasteiger partial charge in [-0.25, -0.2) is 17.6 Å². The van der Waals surface area contributed by atoms with Gasteiger partial charge in [0.25, 0.3) is 0 Å². The van der Waals surface area contributed by atoms with Crippen LogP contribution in [0, 0.1) is 11.2 Å². The molecule has 1 aromatic heterocycles. The van der Waals surface area contributed by atoms with Crippen molar-refractivity contribution in [1.82, 2.24) is 15.0 Å². The summed E-state index contributed by atoms with van der Waals surface area (Å²) in [5.41, 5.74) is 0.135. The van der Waals surface area contributed by atoms with Gasteiger partial charge in [0.05, 0.1) is 16.5 Å². The monoisotopic (exact) mass is 494 g/mol. The summed E-state index contributed by atoms with van der Waals surface area (Å²) >= 11 is 0. The number of halogens is 1. The maximum atomic E-state index is 14.6. The van der Waals surface area contributed by atoms with Crippen LogP contribution in [0.25, 0.3) is 0 Å². The molecular weight excluding hydrogens is 463 g/mol. The Balaban J connectivity index is 1.46. The molecule has 4 rings (SSSR count). The zero-order chi connectivity index (χ0) is 24.8. The van der Waals surface area contributed by atoms with Gasteiger partial charge in [-0.2, -0.15) is 4.98 Å². The normalized spacial score (nSPS) is 24.0. The minimum absolute atomic E-state index is 0.0100. The maximum Gasteiger partial charge on any atom is 0.407 e. The standard InChI is InChI=1S/C23H31FN4O5S/c1-23(2,3)19-11-14(8-10-28(19)22(29)30)20-25-21(33-26-20)15-7-9-27(13-15)18-6-5-16(12-17(18)24)34(4,31)32/h5-6,12,14-15,19H,7-11,13H2,1-4H3,(H,29,30). The van der Waals surface area contributed by atoms with E-state index in [1.807, 2.05) is 25.7 Å². The Labute approximate surface area is 198 Å². The van der Waals surface area contributed by atoms with Gasteiger partial charge in [-0.15, -0.1) is 0 Å². The molecule has 0 bridgehead atoms. The number of carbonyl (C=O) groups is 1. The van der Waals surface area contributed by atoms with Gasteiger partial charge in [-0.3, -0.25) is 0 Å². The molecule has 1 N–H and O–H groups in total. The van der Waals surface area contributed by atoms with E-state index in [1.165, 1.54) is 17.0 Å². The summed E-state index contributed by atoms with van der Waals surface area (Å²) in [5.74, 6) is 0.465. The zero-order valence-electron chi connectivity index (χ0n) is 19.9. The van der Waals surface area contributed by atoms with Crippen LogP contribution in [-0.2, 0) is 9.84 Å². The first-order valence-corrected chi connectivity index (χ1v) is 13.3. The van der Waals surface area contributed by atoms with Crippen molar-refractivity contribution in [2.75, 3.05) is 30.8 Å². The molecule has 0 aliphatic carbocycles. The van der Waals surface area contributed by atoms with Crippen LogP contribution in [0.2, 0.25) is 0 Å². The van der Waals surface area contributed by atoms with Crippen molar-refractivity contribution in [2.24, 2.45) is 5.41 Å². The van der Waals surface area contributed by atoms with E-state index in [9.17, 15) is 22.7 Å². The SMILES string of the molecule is CC(C)(C)C1CC(c2noc(C3CCN(c4ccc(S(C)(=O)=O)cc4F)C3)n2)CCN1C(=O)O. The largest absolute Gasteiger partial charge is 0.465 e. The smallest absolute Gasteiger partial charge is 0.407 e. The van der Waals surface area contributed by atoms with Crippen molar-refractivity contribution >= 4 is 21.6 Å². The predicted molar refractivity (Wildman–Crippen MR) is 123 cm³/mol. The van der Waals surface area contributed by atoms with Crippen LogP contribution < -0.4 is 4.90 Å². The molecule has 1 aromatic carbocycles. The highest BCUT2D eigenvalue weighted by Gasteiger charge is 2.41. The number of nitrogens with zero attached hydrogens (tertiary/aromatic N) is 4. The van der Waals surface area contributed by atoms with Crippen LogP contribution in [0.5, 0.6) is 0 Å². The quantitative estimate of drug-likeness (QED) is 0.681. The van der Waals surface area contributed by atoms with E-state index in [1.54, 1.807) is 0 Å². The van der Waals surface area contributed by atoms with Crippen LogP contribution in [0.4, 0.5) is 14.9 Å². The molecule has 186 valence electrons. The summed E-state index contributed by atoms with van der Waals surface area (Å²) in [5, 5.41) is 13.8. The number of anilines is 1. The zero-order valence-corrected chi connectivity index (χ0v) is 20.7. The third-order valence-electron chi connectivity index (χ3n) is 6.90. The lowest BCUT2D eigenvalue weighted by Crippen LogP contribution is -2.51. The van der Waals surface area contributed by atoms with Crippen molar-refractivity contribution in [2.45, 2.75) is 62.8 Å². The van der Waals surface area contributed by atoms with Crippen LogP contribution >= 0.6 is 0 Å². The highest BCUT2D eigenvalue weighted by atomic mass is 32.2. The number of benzene rings is 1. The van der Waals surface area contributed by atoms with Crippen molar-refractivity contribution in [3.63, 3.8) is 0 Å². The Bertz CT molecular complexity index is 1180. The predicted octanol–water partition coefficient (Wildman–Crippen LogP) is 3.88. The lowest BCUT2D eigenvalue weighted by molar-refractivity contribution is 0.0513. The Morgan fingerprint density at radius 2 is 1.91 bits per heavy atom. The van der Waals surface area contributed by atoms with Crippen molar-refractivity contribution < 1.29 is 27.2 Å². The molecule has 0 saturated carbocycles. The number of amides is 1. The molecule has 0 spiro atoms. The fraction of sp³-hybridized carbons (Fsp3) is 0.609. The van der Waals surface area contributed by atoms with Crippen molar-refractivity contribution in [3.05, 3.63) is 35.7 Å². The van der Waals surface area contributed by atoms with E-state index in [-0.39, 0.29) is 28.2 Å². The van der Waals surface area contributed by atoms with Crippen LogP contribution in [0.15, 0.2) is 27.6 Å². The number of hydrogen-bond acceptors (Lipinski definition) is 7. The van der Waals surface area contributed by atoms with E-state index in [0.29, 0.717) is 56.3 Å². The van der Waals surface area contributed by atoms with Gasteiger partial charge >= 0.3 is 6.09 Å². The van der Waals surface area contributed by atoms with Crippen molar-refractivity contribution in [1.29, 1.82) is 0 Å². The number of carboxylic acid groups (broad SMARTS) is 1. The summed E-state index contributed by atoms with van der Waals surface area (Å²) in [6.07, 6.45) is 2.11. The highest BCUT2D eigenvalue weighted by molar-refractivity contribution is 7.90. The summed E-state index contributed by atoms with van der Waals surface area (Å²) < 4.78 is 43.6. The number of rotatable bonds is 4. The van der Waals surface area contributed by atoms with Crippen LogP contribution in [-0.4, -0.2) is 66.6 Å². The summed E-state index contributed by atoms with van der Waals surface area (Å²) in [6.45, 7) is 7.59. The second-order valence-electron chi connectivity index (χ2n) is 10.4. The molecule has 2 fully saturated rings. The Morgan fingerprint density at radius 1 is 1.21 bits per heavy atom. The average molecular weight is 495 g/mol. The fourth-order valence-electron chi connectivity index (χ4n) is 4.98. The lowest BCUT2D eigenvalue weighted by Gasteiger charge is -2.43. The molecule has 3 atom stereocenters. The molecule has 2 aliphatic heterocycles. The first-order valence-electron chi connectivity index (χ1n) is 11.4. The molecular formula is C23H31FN4O5S. The van der Waals surface area contributed by atoms with E-state index >= 15 is 0 Å². The number of sulfone groups is 1. The Morgan fingerprint density at radius 3 is 2.53 bits per heavy atom. The number of piperidine rings is 1. The van der Waals surface area contributed by atoms with E-state index in [2.05, 4.69) is 10.1 Å². The molecule has 11 heteroatoms. The molecule has 9 nitrogen and oxygen atoms in total. The molecule has 2 aliphatic rings. The molecule has 34 heavy (non-hydrogen) atoms. The van der Waals surface area contributed by atoms with E-state index in [4.69, 9.17) is 4.52 Å². The van der Waals surface area contributed by atoms with E-state index in [0.717, 1.165) is 12.3 Å². The summed E-state index contributed by atoms with van der Waals surface area (Å²) in [7, 11) is -3.48. The second-order valence-corrected chi connectivity index (χ2v) is 12.4. The molecule has 0 radical (unpaired) electrons. The average Bonchev–Trinajstić information content (AvgIpc) is 3.41. The second kappa shape index (κ2) is 8.83. The van der Waals surface area contributed by atoms with Crippen LogP contribution in [0.3, 0.4) is 0 Å². The maximum absolute atomic E-state index is 14.6. The minimum Gasteiger partial charge on any atom is -0.465 e. The Hall–Kier alpha value is -2.69. The molecule has 2 aromatic rings. The minimum atomic E-state index is -3.48. The van der Waals surface area contributed by atoms with Gasteiger partial charge < -0.3 is 19.4 Å². The molecule has 1 amide bonds. The van der Waals surface area contributed by atoms with Gasteiger partial charge in [0.2, 0.25) is 5.89 Å². The number of aromatic nitrogens is 2. The molecule has 3 unspecified atom stereocenters. The first kappa shape index (κ1) is 24.4. The van der Waals surface area contributed by atoms with Gasteiger partial charge in [0.1, 0.15) is 5.82 Å². The van der Waals surface area contributed by atoms with Gasteiger partial charge in [-0.1, -0.05) is 25.9 Å². The highest BCUT2D eigenvalue weighted by Crippen LogP contribution is 2.39. The number of likely N-dealkylation sites (tertiary alicyclic amines) is 1. The third-order valence-corrected chi connectivity index (χ3v) is 8.01. The number of hydrogen-bond donors (Lipinski definition) is 1. The summed E-state index contributed by atoms with van der Waals surface area (Å²) in [4.78, 5) is 19.7. The van der Waals surface area contributed by atoms with Gasteiger partial charge in [0, 0.05) is 37.8 Å². The lowest BCUT2D eigenvalue weighted by atomic mass is 9.77. The Kier molecular flexibility index (Phi) is 6.34. The first-order chi connectivity index (χ1) is 15.8. The van der Waals surface area contributed by atoms with Gasteiger partial charge in [0.15, 0.2) is 15.7 Å². The molecule has 3 heterocycles. The van der Waals surface area contributed by atoms with Gasteiger partial charge in [-0.05, 0) is 42.9 Å². The summed E-state index contributed by atoms with van der Waals surface area (Å²) in [6, 6.07) is 3.82. The van der Waals surface area contributed by atoms with Crippen molar-refractivity contribution in [3.8, 4) is 0 Å². The van der Waals surface area contributed by atoms with E-state index < -0.39 is 21.7 Å². The third kappa shape index (κ3) is 4.89. The topological polar surface area (TPSA) is 117 Å². The fourth-order valence-corrected chi connectivity index (χ4v) is 5.62.